The van der Waals surface area contributed by atoms with E-state index in [2.05, 4.69) is 47.1 Å². The summed E-state index contributed by atoms with van der Waals surface area (Å²) in [6.45, 7) is 3.95. The van der Waals surface area contributed by atoms with Gasteiger partial charge in [0.2, 0.25) is 5.91 Å². The van der Waals surface area contributed by atoms with Crippen LogP contribution in [-0.2, 0) is 4.79 Å². The average Bonchev–Trinajstić information content (AvgIpc) is 2.96. The summed E-state index contributed by atoms with van der Waals surface area (Å²) < 4.78 is 0. The number of hydrogen-bond donors (Lipinski definition) is 1. The number of H-pyrrole nitrogens is 1. The van der Waals surface area contributed by atoms with Crippen molar-refractivity contribution < 1.29 is 4.79 Å². The molecule has 1 fully saturated rings. The van der Waals surface area contributed by atoms with E-state index < -0.39 is 0 Å². The van der Waals surface area contributed by atoms with Crippen LogP contribution in [-0.4, -0.2) is 28.9 Å². The van der Waals surface area contributed by atoms with E-state index >= 15 is 0 Å². The zero-order valence-corrected chi connectivity index (χ0v) is 12.8. The van der Waals surface area contributed by atoms with Crippen molar-refractivity contribution >= 4 is 16.8 Å². The van der Waals surface area contributed by atoms with Gasteiger partial charge in [0.1, 0.15) is 0 Å². The summed E-state index contributed by atoms with van der Waals surface area (Å²) >= 11 is 0. The predicted molar refractivity (Wildman–Crippen MR) is 86.4 cm³/mol. The van der Waals surface area contributed by atoms with Crippen molar-refractivity contribution in [2.75, 3.05) is 13.1 Å². The van der Waals surface area contributed by atoms with Gasteiger partial charge in [-0.15, -0.1) is 0 Å². The number of rotatable bonds is 4. The van der Waals surface area contributed by atoms with Gasteiger partial charge in [-0.3, -0.25) is 4.79 Å². The molecule has 0 unspecified atom stereocenters. The SMILES string of the molecule is CCCCC(=O)N1CCC(c2cc3ccccc3[nH]2)CC1. The van der Waals surface area contributed by atoms with Crippen molar-refractivity contribution in [1.82, 2.24) is 9.88 Å². The van der Waals surface area contributed by atoms with E-state index in [1.807, 2.05) is 0 Å². The Hall–Kier alpha value is -1.77. The number of nitrogens with one attached hydrogen (secondary N) is 1. The number of likely N-dealkylation sites (tertiary alicyclic amines) is 1. The van der Waals surface area contributed by atoms with Crippen molar-refractivity contribution in [1.29, 1.82) is 0 Å². The zero-order valence-electron chi connectivity index (χ0n) is 12.8. The molecule has 0 radical (unpaired) electrons. The van der Waals surface area contributed by atoms with Crippen LogP contribution in [0.3, 0.4) is 0 Å². The molecule has 21 heavy (non-hydrogen) atoms. The molecule has 0 spiro atoms. The Kier molecular flexibility index (Phi) is 4.28. The molecular weight excluding hydrogens is 260 g/mol. The van der Waals surface area contributed by atoms with Crippen LogP contribution in [0.2, 0.25) is 0 Å². The first-order chi connectivity index (χ1) is 10.3. The Balaban J connectivity index is 1.61. The fourth-order valence-electron chi connectivity index (χ4n) is 3.24. The molecule has 1 aliphatic heterocycles. The third kappa shape index (κ3) is 3.12. The van der Waals surface area contributed by atoms with Gasteiger partial charge in [-0.05, 0) is 36.8 Å². The molecule has 112 valence electrons. The Morgan fingerprint density at radius 2 is 2.05 bits per heavy atom. The lowest BCUT2D eigenvalue weighted by Gasteiger charge is -2.31. The first kappa shape index (κ1) is 14.2. The van der Waals surface area contributed by atoms with Gasteiger partial charge in [-0.2, -0.15) is 0 Å². The summed E-state index contributed by atoms with van der Waals surface area (Å²) in [7, 11) is 0. The Labute approximate surface area is 126 Å². The second kappa shape index (κ2) is 6.33. The van der Waals surface area contributed by atoms with Gasteiger partial charge < -0.3 is 9.88 Å². The number of nitrogens with zero attached hydrogens (tertiary/aromatic N) is 1. The zero-order chi connectivity index (χ0) is 14.7. The van der Waals surface area contributed by atoms with Crippen molar-refractivity contribution in [2.24, 2.45) is 0 Å². The van der Waals surface area contributed by atoms with Crippen LogP contribution in [0.1, 0.15) is 50.6 Å². The van der Waals surface area contributed by atoms with Crippen LogP contribution in [0.5, 0.6) is 0 Å². The summed E-state index contributed by atoms with van der Waals surface area (Å²) in [6.07, 6.45) is 4.97. The van der Waals surface area contributed by atoms with Gasteiger partial charge in [0.25, 0.3) is 0 Å². The third-order valence-corrected chi connectivity index (χ3v) is 4.58. The fourth-order valence-corrected chi connectivity index (χ4v) is 3.24. The Bertz CT molecular complexity index is 575. The smallest absolute Gasteiger partial charge is 0.222 e. The predicted octanol–water partition coefficient (Wildman–Crippen LogP) is 4.06. The Morgan fingerprint density at radius 1 is 1.29 bits per heavy atom. The third-order valence-electron chi connectivity index (χ3n) is 4.58. The summed E-state index contributed by atoms with van der Waals surface area (Å²) in [5.74, 6) is 0.902. The van der Waals surface area contributed by atoms with Crippen molar-refractivity contribution in [3.8, 4) is 0 Å². The molecule has 3 heteroatoms. The Morgan fingerprint density at radius 3 is 2.76 bits per heavy atom. The average molecular weight is 284 g/mol. The molecule has 3 nitrogen and oxygen atoms in total. The van der Waals surface area contributed by atoms with E-state index in [0.29, 0.717) is 18.2 Å². The van der Waals surface area contributed by atoms with E-state index in [1.165, 1.54) is 16.6 Å². The molecule has 1 saturated heterocycles. The molecule has 0 atom stereocenters. The molecular formula is C18H24N2O. The lowest BCUT2D eigenvalue weighted by Crippen LogP contribution is -2.37. The highest BCUT2D eigenvalue weighted by Crippen LogP contribution is 2.30. The number of carbonyl (C=O) groups excluding carboxylic acids is 1. The van der Waals surface area contributed by atoms with Gasteiger partial charge in [0.05, 0.1) is 0 Å². The van der Waals surface area contributed by atoms with E-state index in [-0.39, 0.29) is 0 Å². The number of para-hydroxylation sites is 1. The number of benzene rings is 1. The van der Waals surface area contributed by atoms with E-state index in [1.54, 1.807) is 0 Å². The van der Waals surface area contributed by atoms with Gasteiger partial charge in [0.15, 0.2) is 0 Å². The number of aromatic amines is 1. The van der Waals surface area contributed by atoms with Crippen LogP contribution in [0.25, 0.3) is 10.9 Å². The van der Waals surface area contributed by atoms with Crippen molar-refractivity contribution in [3.05, 3.63) is 36.0 Å². The molecule has 1 aliphatic rings. The number of piperidine rings is 1. The van der Waals surface area contributed by atoms with Crippen molar-refractivity contribution in [3.63, 3.8) is 0 Å². The summed E-state index contributed by atoms with van der Waals surface area (Å²) in [6, 6.07) is 10.7. The lowest BCUT2D eigenvalue weighted by atomic mass is 9.93. The lowest BCUT2D eigenvalue weighted by molar-refractivity contribution is -0.132. The van der Waals surface area contributed by atoms with Crippen LogP contribution in [0, 0.1) is 0 Å². The maximum Gasteiger partial charge on any atom is 0.222 e. The van der Waals surface area contributed by atoms with E-state index in [0.717, 1.165) is 38.8 Å². The summed E-state index contributed by atoms with van der Waals surface area (Å²) in [4.78, 5) is 17.6. The molecule has 0 bridgehead atoms. The standard InChI is InChI=1S/C18H24N2O/c1-2-3-8-18(21)20-11-9-14(10-12-20)17-13-15-6-4-5-7-16(15)19-17/h4-7,13-14,19H,2-3,8-12H2,1H3. The van der Waals surface area contributed by atoms with Gasteiger partial charge >= 0.3 is 0 Å². The van der Waals surface area contributed by atoms with Gasteiger partial charge in [0, 0.05) is 36.6 Å². The molecule has 3 rings (SSSR count). The molecule has 1 amide bonds. The maximum absolute atomic E-state index is 12.1. The number of hydrogen-bond acceptors (Lipinski definition) is 1. The minimum absolute atomic E-state index is 0.340. The van der Waals surface area contributed by atoms with Crippen LogP contribution >= 0.6 is 0 Å². The topological polar surface area (TPSA) is 36.1 Å². The number of unbranched alkanes of at least 4 members (excludes halogenated alkanes) is 1. The van der Waals surface area contributed by atoms with Crippen molar-refractivity contribution in [2.45, 2.75) is 44.9 Å². The molecule has 1 N–H and O–H groups in total. The molecule has 1 aromatic heterocycles. The highest BCUT2D eigenvalue weighted by molar-refractivity contribution is 5.80. The minimum Gasteiger partial charge on any atom is -0.358 e. The molecule has 1 aromatic carbocycles. The van der Waals surface area contributed by atoms with Crippen LogP contribution in [0.15, 0.2) is 30.3 Å². The van der Waals surface area contributed by atoms with E-state index in [4.69, 9.17) is 0 Å². The maximum atomic E-state index is 12.1. The molecule has 2 aromatic rings. The second-order valence-corrected chi connectivity index (χ2v) is 6.07. The summed E-state index contributed by atoms with van der Waals surface area (Å²) in [5.41, 5.74) is 2.55. The highest BCUT2D eigenvalue weighted by Gasteiger charge is 2.24. The number of amides is 1. The monoisotopic (exact) mass is 284 g/mol. The van der Waals surface area contributed by atoms with Crippen LogP contribution < -0.4 is 0 Å². The molecule has 0 saturated carbocycles. The van der Waals surface area contributed by atoms with Gasteiger partial charge in [-0.25, -0.2) is 0 Å². The number of carbonyl (C=O) groups is 1. The second-order valence-electron chi connectivity index (χ2n) is 6.07. The van der Waals surface area contributed by atoms with Crippen LogP contribution in [0.4, 0.5) is 0 Å². The van der Waals surface area contributed by atoms with Gasteiger partial charge in [-0.1, -0.05) is 31.5 Å². The molecule has 2 heterocycles. The first-order valence-electron chi connectivity index (χ1n) is 8.13. The largest absolute Gasteiger partial charge is 0.358 e. The van der Waals surface area contributed by atoms with E-state index in [9.17, 15) is 4.79 Å². The minimum atomic E-state index is 0.340. The first-order valence-corrected chi connectivity index (χ1v) is 8.13. The quantitative estimate of drug-likeness (QED) is 0.903. The summed E-state index contributed by atoms with van der Waals surface area (Å²) in [5, 5.41) is 1.29. The highest BCUT2D eigenvalue weighted by atomic mass is 16.2. The molecule has 0 aliphatic carbocycles. The fraction of sp³-hybridized carbons (Fsp3) is 0.500. The normalized spacial score (nSPS) is 16.5. The number of aromatic nitrogens is 1. The number of fused-ring (bicyclic) bond motifs is 1.